The molecule has 3 aromatic carbocycles. The molecule has 1 saturated carbocycles. The lowest BCUT2D eigenvalue weighted by Crippen LogP contribution is -2.51. The number of carbonyl (C=O) groups is 2. The molecule has 43 heavy (non-hydrogen) atoms. The van der Waals surface area contributed by atoms with Crippen LogP contribution in [0.3, 0.4) is 0 Å². The molecule has 1 N–H and O–H groups in total. The van der Waals surface area contributed by atoms with E-state index in [0.717, 1.165) is 24.0 Å². The zero-order valence-corrected chi connectivity index (χ0v) is 25.9. The normalized spacial score (nSPS) is 18.8. The number of rotatable bonds is 6. The predicted molar refractivity (Wildman–Crippen MR) is 167 cm³/mol. The second-order valence-corrected chi connectivity index (χ2v) is 12.5. The number of fused-ring (bicyclic) bond motifs is 4. The van der Waals surface area contributed by atoms with Crippen LogP contribution in [0.1, 0.15) is 71.5 Å². The molecule has 0 bridgehead atoms. The van der Waals surface area contributed by atoms with E-state index in [1.54, 1.807) is 44.6 Å². The van der Waals surface area contributed by atoms with E-state index < -0.39 is 11.4 Å². The molecule has 4 aromatic rings. The zero-order valence-electron chi connectivity index (χ0n) is 24.4. The molecule has 3 heterocycles. The molecule has 10 heteroatoms. The first-order chi connectivity index (χ1) is 20.6. The fraction of sp³-hybridized carbons (Fsp3) is 0.303. The van der Waals surface area contributed by atoms with E-state index in [-0.39, 0.29) is 17.6 Å². The van der Waals surface area contributed by atoms with Gasteiger partial charge < -0.3 is 19.4 Å². The molecule has 1 aromatic heterocycles. The smallest absolute Gasteiger partial charge is 0.280 e. The van der Waals surface area contributed by atoms with E-state index in [1.165, 1.54) is 4.90 Å². The number of ether oxygens (including phenoxy) is 2. The Hall–Kier alpha value is -4.01. The number of carbonyl (C=O) groups excluding carboxylic acids is 2. The van der Waals surface area contributed by atoms with Gasteiger partial charge >= 0.3 is 0 Å². The average molecular weight is 618 g/mol. The van der Waals surface area contributed by atoms with Crippen LogP contribution in [0, 0.1) is 6.92 Å². The third-order valence-electron chi connectivity index (χ3n) is 8.67. The molecule has 0 radical (unpaired) electrons. The maximum Gasteiger partial charge on any atom is 0.280 e. The highest BCUT2D eigenvalue weighted by Gasteiger charge is 2.64. The summed E-state index contributed by atoms with van der Waals surface area (Å²) in [6, 6.07) is 14.4. The molecule has 2 amide bonds. The maximum atomic E-state index is 14.7. The lowest BCUT2D eigenvalue weighted by Gasteiger charge is -2.36. The van der Waals surface area contributed by atoms with Gasteiger partial charge in [-0.3, -0.25) is 14.5 Å². The van der Waals surface area contributed by atoms with Gasteiger partial charge in [0, 0.05) is 27.3 Å². The largest absolute Gasteiger partial charge is 0.496 e. The number of benzene rings is 3. The molecule has 7 rings (SSSR count). The molecule has 1 aliphatic carbocycles. The summed E-state index contributed by atoms with van der Waals surface area (Å²) in [7, 11) is 3.23. The molecule has 8 nitrogen and oxygen atoms in total. The number of amides is 2. The number of halogens is 2. The summed E-state index contributed by atoms with van der Waals surface area (Å²) in [6.45, 7) is 5.89. The maximum absolute atomic E-state index is 14.7. The summed E-state index contributed by atoms with van der Waals surface area (Å²) in [4.78, 5) is 35.7. The summed E-state index contributed by atoms with van der Waals surface area (Å²) in [6.07, 6.45) is 2.24. The molecule has 1 fully saturated rings. The summed E-state index contributed by atoms with van der Waals surface area (Å²) >= 11 is 12.8. The van der Waals surface area contributed by atoms with Crippen LogP contribution in [-0.4, -0.2) is 35.6 Å². The van der Waals surface area contributed by atoms with Crippen LogP contribution in [0.15, 0.2) is 48.5 Å². The first-order valence-corrected chi connectivity index (χ1v) is 15.0. The van der Waals surface area contributed by atoms with Crippen LogP contribution in [0.4, 0.5) is 11.4 Å². The van der Waals surface area contributed by atoms with Crippen molar-refractivity contribution < 1.29 is 19.1 Å². The topological polar surface area (TPSA) is 85.7 Å². The van der Waals surface area contributed by atoms with Gasteiger partial charge in [0.15, 0.2) is 11.2 Å². The van der Waals surface area contributed by atoms with Gasteiger partial charge in [-0.05, 0) is 87.1 Å². The third-order valence-corrected chi connectivity index (χ3v) is 9.14. The van der Waals surface area contributed by atoms with Crippen molar-refractivity contribution in [2.45, 2.75) is 51.1 Å². The fourth-order valence-corrected chi connectivity index (χ4v) is 6.96. The van der Waals surface area contributed by atoms with Crippen LogP contribution in [-0.2, 0) is 10.3 Å². The molecule has 1 atom stereocenters. The molecule has 3 aliphatic rings. The standard InChI is InChI=1S/C33H30Cl2N4O4/c1-16(2)38-29-28(37-30(38)27-25(42-4)12-19(18-7-8-18)13-26(27)43-5)31(40)39(24-15-21(35)9-6-17(24)3)33(29)22-11-10-20(34)14-23(22)36-32(33)41/h6,9-16,18H,7-8H2,1-5H3,(H,36,41). The lowest BCUT2D eigenvalue weighted by molar-refractivity contribution is -0.119. The minimum Gasteiger partial charge on any atom is -0.496 e. The Morgan fingerprint density at radius 2 is 1.63 bits per heavy atom. The Balaban J connectivity index is 1.58. The third kappa shape index (κ3) is 3.85. The van der Waals surface area contributed by atoms with Gasteiger partial charge in [0.1, 0.15) is 22.9 Å². The van der Waals surface area contributed by atoms with Crippen molar-refractivity contribution in [2.24, 2.45) is 0 Å². The molecule has 1 unspecified atom stereocenters. The lowest BCUT2D eigenvalue weighted by atomic mass is 9.86. The Bertz CT molecular complexity index is 1840. The van der Waals surface area contributed by atoms with Crippen molar-refractivity contribution in [2.75, 3.05) is 24.4 Å². The molecule has 220 valence electrons. The Morgan fingerprint density at radius 1 is 0.977 bits per heavy atom. The number of hydrogen-bond acceptors (Lipinski definition) is 5. The first kappa shape index (κ1) is 27.8. The number of anilines is 2. The van der Waals surface area contributed by atoms with Gasteiger partial charge in [-0.2, -0.15) is 0 Å². The van der Waals surface area contributed by atoms with Gasteiger partial charge in [0.05, 0.1) is 25.6 Å². The zero-order chi connectivity index (χ0) is 30.4. The van der Waals surface area contributed by atoms with E-state index in [2.05, 4.69) is 5.32 Å². The van der Waals surface area contributed by atoms with E-state index in [4.69, 9.17) is 37.7 Å². The van der Waals surface area contributed by atoms with Gasteiger partial charge in [0.25, 0.3) is 11.8 Å². The van der Waals surface area contributed by atoms with E-state index in [9.17, 15) is 9.59 Å². The van der Waals surface area contributed by atoms with E-state index in [0.29, 0.717) is 61.5 Å². The average Bonchev–Trinajstić information content (AvgIpc) is 3.63. The number of aromatic nitrogens is 2. The second kappa shape index (κ2) is 9.76. The van der Waals surface area contributed by atoms with Crippen molar-refractivity contribution in [1.82, 2.24) is 9.55 Å². The number of aryl methyl sites for hydroxylation is 1. The molecular formula is C33H30Cl2N4O4. The summed E-state index contributed by atoms with van der Waals surface area (Å²) in [5.41, 5.74) is 3.28. The van der Waals surface area contributed by atoms with Crippen LogP contribution in [0.5, 0.6) is 11.5 Å². The predicted octanol–water partition coefficient (Wildman–Crippen LogP) is 7.50. The Morgan fingerprint density at radius 3 is 2.26 bits per heavy atom. The molecule has 2 aliphatic heterocycles. The van der Waals surface area contributed by atoms with Crippen LogP contribution in [0.2, 0.25) is 10.0 Å². The highest BCUT2D eigenvalue weighted by Crippen LogP contribution is 2.56. The fourth-order valence-electron chi connectivity index (χ4n) is 6.62. The van der Waals surface area contributed by atoms with E-state index in [1.807, 2.05) is 43.5 Å². The van der Waals surface area contributed by atoms with Crippen molar-refractivity contribution in [3.8, 4) is 22.9 Å². The van der Waals surface area contributed by atoms with Crippen molar-refractivity contribution in [3.05, 3.63) is 86.7 Å². The summed E-state index contributed by atoms with van der Waals surface area (Å²) < 4.78 is 13.8. The monoisotopic (exact) mass is 616 g/mol. The number of nitrogens with one attached hydrogen (secondary N) is 1. The van der Waals surface area contributed by atoms with Crippen LogP contribution in [0.25, 0.3) is 11.4 Å². The quantitative estimate of drug-likeness (QED) is 0.242. The Labute approximate surface area is 259 Å². The van der Waals surface area contributed by atoms with Gasteiger partial charge in [-0.25, -0.2) is 4.98 Å². The van der Waals surface area contributed by atoms with Gasteiger partial charge in [0.2, 0.25) is 0 Å². The van der Waals surface area contributed by atoms with Crippen molar-refractivity contribution in [1.29, 1.82) is 0 Å². The minimum absolute atomic E-state index is 0.177. The second-order valence-electron chi connectivity index (χ2n) is 11.6. The van der Waals surface area contributed by atoms with Crippen LogP contribution >= 0.6 is 23.2 Å². The number of imidazole rings is 1. The number of methoxy groups -OCH3 is 2. The highest BCUT2D eigenvalue weighted by atomic mass is 35.5. The molecule has 1 spiro atoms. The summed E-state index contributed by atoms with van der Waals surface area (Å²) in [5, 5.41) is 3.92. The van der Waals surface area contributed by atoms with Crippen molar-refractivity contribution >= 4 is 46.4 Å². The number of nitrogens with zero attached hydrogens (tertiary/aromatic N) is 3. The van der Waals surface area contributed by atoms with Crippen molar-refractivity contribution in [3.63, 3.8) is 0 Å². The minimum atomic E-state index is -1.58. The van der Waals surface area contributed by atoms with E-state index >= 15 is 0 Å². The molecule has 0 saturated heterocycles. The SMILES string of the molecule is COc1cc(C2CC2)cc(OC)c1-c1nc2c(n1C(C)C)C1(C(=O)Nc3cc(Cl)ccc31)N(c1cc(Cl)ccc1C)C2=O. The van der Waals surface area contributed by atoms with Gasteiger partial charge in [-0.1, -0.05) is 35.3 Å². The Kier molecular flexibility index (Phi) is 6.31. The first-order valence-electron chi connectivity index (χ1n) is 14.2. The highest BCUT2D eigenvalue weighted by molar-refractivity contribution is 6.32. The number of hydrogen-bond donors (Lipinski definition) is 1. The van der Waals surface area contributed by atoms with Gasteiger partial charge in [-0.15, -0.1) is 0 Å². The summed E-state index contributed by atoms with van der Waals surface area (Å²) in [5.74, 6) is 1.36. The van der Waals surface area contributed by atoms with Crippen LogP contribution < -0.4 is 19.7 Å². The molecular weight excluding hydrogens is 587 g/mol.